The van der Waals surface area contributed by atoms with Crippen molar-refractivity contribution in [3.63, 3.8) is 0 Å². The van der Waals surface area contributed by atoms with E-state index >= 15 is 0 Å². The van der Waals surface area contributed by atoms with Crippen molar-refractivity contribution in [3.8, 4) is 0 Å². The minimum atomic E-state index is -0.443. The van der Waals surface area contributed by atoms with Gasteiger partial charge in [-0.25, -0.2) is 4.79 Å². The van der Waals surface area contributed by atoms with E-state index in [1.165, 1.54) is 14.2 Å². The van der Waals surface area contributed by atoms with E-state index in [-0.39, 0.29) is 5.97 Å². The number of methoxy groups -OCH3 is 2. The van der Waals surface area contributed by atoms with E-state index in [2.05, 4.69) is 9.47 Å². The van der Waals surface area contributed by atoms with Gasteiger partial charge in [0.1, 0.15) is 0 Å². The highest BCUT2D eigenvalue weighted by molar-refractivity contribution is 5.95. The second-order valence-corrected chi connectivity index (χ2v) is 3.16. The highest BCUT2D eigenvalue weighted by atomic mass is 16.5. The van der Waals surface area contributed by atoms with Crippen molar-refractivity contribution in [2.24, 2.45) is 5.92 Å². The largest absolute Gasteiger partial charge is 0.469 e. The molecule has 0 saturated heterocycles. The van der Waals surface area contributed by atoms with Crippen LogP contribution in [0.5, 0.6) is 0 Å². The smallest absolute Gasteiger partial charge is 0.334 e. The van der Waals surface area contributed by atoms with Gasteiger partial charge in [0.05, 0.1) is 20.1 Å². The molecular weight excluding hydrogens is 184 g/mol. The second-order valence-electron chi connectivity index (χ2n) is 3.16. The minimum absolute atomic E-state index is 0.360. The van der Waals surface area contributed by atoms with Crippen LogP contribution in [0.4, 0.5) is 0 Å². The number of carbonyl (C=O) groups is 2. The molecule has 78 valence electrons. The maximum Gasteiger partial charge on any atom is 0.334 e. The van der Waals surface area contributed by atoms with Crippen LogP contribution in [0.15, 0.2) is 11.6 Å². The summed E-state index contributed by atoms with van der Waals surface area (Å²) in [5.74, 6) is -1.23. The number of hydrogen-bond donors (Lipinski definition) is 0. The Morgan fingerprint density at radius 1 is 1.36 bits per heavy atom. The van der Waals surface area contributed by atoms with Crippen LogP contribution in [0.1, 0.15) is 19.3 Å². The number of hydrogen-bond acceptors (Lipinski definition) is 4. The topological polar surface area (TPSA) is 52.6 Å². The van der Waals surface area contributed by atoms with Gasteiger partial charge in [-0.3, -0.25) is 4.79 Å². The standard InChI is InChI=1S/C10H14O4/c1-13-9(11)7-5-3-4-6-8(7)10(12)14-2/h5,8H,3-4,6H2,1-2H3. The lowest BCUT2D eigenvalue weighted by Gasteiger charge is -2.19. The number of ether oxygens (including phenoxy) is 2. The highest BCUT2D eigenvalue weighted by Crippen LogP contribution is 2.26. The van der Waals surface area contributed by atoms with Crippen LogP contribution in [0.25, 0.3) is 0 Å². The summed E-state index contributed by atoms with van der Waals surface area (Å²) in [6, 6.07) is 0. The lowest BCUT2D eigenvalue weighted by atomic mass is 9.88. The van der Waals surface area contributed by atoms with Crippen LogP contribution in [-0.2, 0) is 19.1 Å². The zero-order valence-corrected chi connectivity index (χ0v) is 8.41. The summed E-state index contributed by atoms with van der Waals surface area (Å²) in [7, 11) is 2.64. The summed E-state index contributed by atoms with van der Waals surface area (Å²) in [6.45, 7) is 0. The lowest BCUT2D eigenvalue weighted by molar-refractivity contribution is -0.147. The molecule has 0 heterocycles. The average Bonchev–Trinajstić information content (AvgIpc) is 2.27. The van der Waals surface area contributed by atoms with Crippen molar-refractivity contribution in [1.29, 1.82) is 0 Å². The molecule has 4 nitrogen and oxygen atoms in total. The molecule has 1 aliphatic carbocycles. The number of esters is 2. The zero-order valence-electron chi connectivity index (χ0n) is 8.41. The summed E-state index contributed by atoms with van der Waals surface area (Å²) in [4.78, 5) is 22.6. The predicted molar refractivity (Wildman–Crippen MR) is 49.5 cm³/mol. The first kappa shape index (κ1) is 10.8. The van der Waals surface area contributed by atoms with Gasteiger partial charge in [-0.1, -0.05) is 6.08 Å². The highest BCUT2D eigenvalue weighted by Gasteiger charge is 2.30. The Morgan fingerprint density at radius 2 is 2.07 bits per heavy atom. The van der Waals surface area contributed by atoms with Crippen molar-refractivity contribution in [2.45, 2.75) is 19.3 Å². The Hall–Kier alpha value is -1.32. The molecule has 1 aliphatic rings. The summed E-state index contributed by atoms with van der Waals surface area (Å²) in [5.41, 5.74) is 0.436. The monoisotopic (exact) mass is 198 g/mol. The normalized spacial score (nSPS) is 21.0. The molecule has 0 saturated carbocycles. The molecule has 0 aromatic heterocycles. The van der Waals surface area contributed by atoms with Gasteiger partial charge in [0.2, 0.25) is 0 Å². The maximum atomic E-state index is 11.3. The fourth-order valence-electron chi connectivity index (χ4n) is 1.61. The SMILES string of the molecule is COC(=O)C1=CCCCC1C(=O)OC. The van der Waals surface area contributed by atoms with Crippen molar-refractivity contribution < 1.29 is 19.1 Å². The fraction of sp³-hybridized carbons (Fsp3) is 0.600. The van der Waals surface area contributed by atoms with Crippen LogP contribution in [0.3, 0.4) is 0 Å². The van der Waals surface area contributed by atoms with E-state index in [9.17, 15) is 9.59 Å². The van der Waals surface area contributed by atoms with Crippen LogP contribution in [-0.4, -0.2) is 26.2 Å². The van der Waals surface area contributed by atoms with E-state index in [0.717, 1.165) is 12.8 Å². The molecular formula is C10H14O4. The Kier molecular flexibility index (Phi) is 3.68. The Balaban J connectivity index is 2.82. The Bertz CT molecular complexity index is 267. The third-order valence-corrected chi connectivity index (χ3v) is 2.34. The number of carbonyl (C=O) groups excluding carboxylic acids is 2. The Labute approximate surface area is 82.9 Å². The zero-order chi connectivity index (χ0) is 10.6. The molecule has 1 rings (SSSR count). The third kappa shape index (κ3) is 2.13. The van der Waals surface area contributed by atoms with E-state index in [0.29, 0.717) is 12.0 Å². The van der Waals surface area contributed by atoms with E-state index in [4.69, 9.17) is 0 Å². The first-order valence-electron chi connectivity index (χ1n) is 4.57. The predicted octanol–water partition coefficient (Wildman–Crippen LogP) is 1.06. The van der Waals surface area contributed by atoms with Crippen LogP contribution in [0.2, 0.25) is 0 Å². The van der Waals surface area contributed by atoms with Gasteiger partial charge in [-0.05, 0) is 19.3 Å². The summed E-state index contributed by atoms with van der Waals surface area (Å²) < 4.78 is 9.23. The van der Waals surface area contributed by atoms with Gasteiger partial charge in [0.15, 0.2) is 0 Å². The molecule has 0 aromatic carbocycles. The average molecular weight is 198 g/mol. The second kappa shape index (κ2) is 4.79. The van der Waals surface area contributed by atoms with Gasteiger partial charge < -0.3 is 9.47 Å². The molecule has 4 heteroatoms. The van der Waals surface area contributed by atoms with Gasteiger partial charge in [-0.15, -0.1) is 0 Å². The van der Waals surface area contributed by atoms with E-state index < -0.39 is 11.9 Å². The van der Waals surface area contributed by atoms with Crippen LogP contribution >= 0.6 is 0 Å². The molecule has 0 fully saturated rings. The molecule has 0 radical (unpaired) electrons. The van der Waals surface area contributed by atoms with Crippen molar-refractivity contribution in [1.82, 2.24) is 0 Å². The number of rotatable bonds is 2. The molecule has 0 bridgehead atoms. The van der Waals surface area contributed by atoms with Crippen molar-refractivity contribution in [3.05, 3.63) is 11.6 Å². The van der Waals surface area contributed by atoms with Gasteiger partial charge in [-0.2, -0.15) is 0 Å². The molecule has 14 heavy (non-hydrogen) atoms. The van der Waals surface area contributed by atoms with Gasteiger partial charge in [0, 0.05) is 5.57 Å². The third-order valence-electron chi connectivity index (χ3n) is 2.34. The van der Waals surface area contributed by atoms with Gasteiger partial charge >= 0.3 is 11.9 Å². The minimum Gasteiger partial charge on any atom is -0.469 e. The molecule has 0 N–H and O–H groups in total. The van der Waals surface area contributed by atoms with Crippen LogP contribution < -0.4 is 0 Å². The Morgan fingerprint density at radius 3 is 2.64 bits per heavy atom. The molecule has 0 aliphatic heterocycles. The fourth-order valence-corrected chi connectivity index (χ4v) is 1.61. The van der Waals surface area contributed by atoms with Crippen LogP contribution in [0, 0.1) is 5.92 Å². The molecule has 1 atom stereocenters. The quantitative estimate of drug-likeness (QED) is 0.622. The van der Waals surface area contributed by atoms with E-state index in [1.54, 1.807) is 6.08 Å². The van der Waals surface area contributed by atoms with Crippen molar-refractivity contribution in [2.75, 3.05) is 14.2 Å². The van der Waals surface area contributed by atoms with Gasteiger partial charge in [0.25, 0.3) is 0 Å². The number of allylic oxidation sites excluding steroid dienone is 1. The summed E-state index contributed by atoms with van der Waals surface area (Å²) >= 11 is 0. The first-order valence-corrected chi connectivity index (χ1v) is 4.57. The summed E-state index contributed by atoms with van der Waals surface area (Å²) in [5, 5.41) is 0. The molecule has 0 amide bonds. The maximum absolute atomic E-state index is 11.3. The molecule has 0 aromatic rings. The summed E-state index contributed by atoms with van der Waals surface area (Å²) in [6.07, 6.45) is 4.14. The molecule has 0 spiro atoms. The van der Waals surface area contributed by atoms with Crippen molar-refractivity contribution >= 4 is 11.9 Å². The van der Waals surface area contributed by atoms with E-state index in [1.807, 2.05) is 0 Å². The molecule has 1 unspecified atom stereocenters. The lowest BCUT2D eigenvalue weighted by Crippen LogP contribution is -2.25. The first-order chi connectivity index (χ1) is 6.70.